The number of benzene rings is 1. The topological polar surface area (TPSA) is 142 Å². The maximum atomic E-state index is 13.3. The number of aromatic nitrogens is 1. The van der Waals surface area contributed by atoms with E-state index < -0.39 is 17.4 Å². The van der Waals surface area contributed by atoms with E-state index in [1.54, 1.807) is 0 Å². The van der Waals surface area contributed by atoms with Crippen molar-refractivity contribution in [2.45, 2.75) is 43.7 Å². The van der Waals surface area contributed by atoms with Crippen molar-refractivity contribution >= 4 is 34.7 Å². The van der Waals surface area contributed by atoms with Crippen LogP contribution in [0.15, 0.2) is 59.4 Å². The first-order chi connectivity index (χ1) is 15.8. The number of nitriles is 1. The summed E-state index contributed by atoms with van der Waals surface area (Å²) in [6.07, 6.45) is 5.88. The first-order valence-electron chi connectivity index (χ1n) is 10.4. The van der Waals surface area contributed by atoms with Gasteiger partial charge in [0.15, 0.2) is 0 Å². The molecule has 0 bridgehead atoms. The van der Waals surface area contributed by atoms with E-state index in [1.165, 1.54) is 18.5 Å². The van der Waals surface area contributed by atoms with Gasteiger partial charge in [-0.05, 0) is 49.9 Å². The Morgan fingerprint density at radius 1 is 1.33 bits per heavy atom. The van der Waals surface area contributed by atoms with E-state index in [2.05, 4.69) is 26.7 Å². The van der Waals surface area contributed by atoms with Gasteiger partial charge in [-0.1, -0.05) is 17.7 Å². The van der Waals surface area contributed by atoms with E-state index >= 15 is 0 Å². The van der Waals surface area contributed by atoms with Gasteiger partial charge >= 0.3 is 0 Å². The molecule has 6 N–H and O–H groups in total. The monoisotopic (exact) mass is 469 g/mol. The first-order valence-corrected chi connectivity index (χ1v) is 10.8. The zero-order chi connectivity index (χ0) is 23.8. The van der Waals surface area contributed by atoms with Crippen molar-refractivity contribution < 1.29 is 9.18 Å². The number of hydrogen-bond acceptors (Lipinski definition) is 6. The van der Waals surface area contributed by atoms with Crippen molar-refractivity contribution in [3.05, 3.63) is 65.3 Å². The minimum absolute atomic E-state index is 0.0521. The number of amidine groups is 1. The maximum absolute atomic E-state index is 13.3. The van der Waals surface area contributed by atoms with Gasteiger partial charge in [-0.15, -0.1) is 0 Å². The summed E-state index contributed by atoms with van der Waals surface area (Å²) in [5, 5.41) is 16.7. The lowest BCUT2D eigenvalue weighted by Gasteiger charge is -2.40. The van der Waals surface area contributed by atoms with Gasteiger partial charge in [-0.2, -0.15) is 9.65 Å². The van der Waals surface area contributed by atoms with E-state index in [1.807, 2.05) is 24.3 Å². The normalized spacial score (nSPS) is 21.2. The third-order valence-electron chi connectivity index (χ3n) is 5.58. The van der Waals surface area contributed by atoms with Gasteiger partial charge in [0, 0.05) is 40.8 Å². The van der Waals surface area contributed by atoms with Crippen molar-refractivity contribution in [2.75, 3.05) is 5.32 Å². The summed E-state index contributed by atoms with van der Waals surface area (Å²) < 4.78 is 13.3. The van der Waals surface area contributed by atoms with E-state index in [-0.39, 0.29) is 29.6 Å². The number of nitrogens with one attached hydrogen (secondary N) is 2. The molecule has 1 fully saturated rings. The summed E-state index contributed by atoms with van der Waals surface area (Å²) >= 11 is 6.06. The van der Waals surface area contributed by atoms with Gasteiger partial charge in [-0.25, -0.2) is 9.98 Å². The molecule has 0 spiro atoms. The standard InChI is InChI=1S/C23H25ClFN7O/c24-15-2-1-3-17(12-15)31-16-4-7-23(8-5-16,9-10-26)30-14-19(22(28)33)21(27)32-18-6-11-29-20(25)13-18/h1-3,6,11-14,16,30-31H,4-5,7-9H2,(H2,28,33)(H2,27,29,32)/b19-14+. The molecule has 33 heavy (non-hydrogen) atoms. The molecule has 172 valence electrons. The number of primary amides is 1. The van der Waals surface area contributed by atoms with Crippen LogP contribution in [0, 0.1) is 17.3 Å². The third kappa shape index (κ3) is 6.67. The molecule has 10 heteroatoms. The van der Waals surface area contributed by atoms with Crippen molar-refractivity contribution in [1.82, 2.24) is 10.3 Å². The highest BCUT2D eigenvalue weighted by Gasteiger charge is 2.35. The van der Waals surface area contributed by atoms with E-state index in [0.29, 0.717) is 17.9 Å². The molecule has 0 unspecified atom stereocenters. The van der Waals surface area contributed by atoms with E-state index in [4.69, 9.17) is 23.1 Å². The average Bonchev–Trinajstić information content (AvgIpc) is 2.75. The molecule has 0 radical (unpaired) electrons. The summed E-state index contributed by atoms with van der Waals surface area (Å²) in [7, 11) is 0. The summed E-state index contributed by atoms with van der Waals surface area (Å²) in [6, 6.07) is 12.5. The smallest absolute Gasteiger partial charge is 0.253 e. The minimum Gasteiger partial charge on any atom is -0.384 e. The molecule has 0 saturated heterocycles. The fourth-order valence-electron chi connectivity index (χ4n) is 3.81. The molecule has 3 rings (SSSR count). The van der Waals surface area contributed by atoms with Crippen molar-refractivity contribution in [2.24, 2.45) is 16.5 Å². The zero-order valence-electron chi connectivity index (χ0n) is 17.9. The Kier molecular flexibility index (Phi) is 7.85. The molecule has 1 aliphatic rings. The number of pyridine rings is 1. The largest absolute Gasteiger partial charge is 0.384 e. The van der Waals surface area contributed by atoms with Crippen molar-refractivity contribution in [3.8, 4) is 6.07 Å². The van der Waals surface area contributed by atoms with Crippen LogP contribution in [-0.4, -0.2) is 28.3 Å². The number of nitrogens with zero attached hydrogens (tertiary/aromatic N) is 3. The Hall–Kier alpha value is -3.64. The molecule has 2 aromatic rings. The van der Waals surface area contributed by atoms with Gasteiger partial charge < -0.3 is 22.1 Å². The predicted octanol–water partition coefficient (Wildman–Crippen LogP) is 3.53. The van der Waals surface area contributed by atoms with E-state index in [9.17, 15) is 14.4 Å². The number of rotatable bonds is 8. The fourth-order valence-corrected chi connectivity index (χ4v) is 4.00. The average molecular weight is 470 g/mol. The minimum atomic E-state index is -0.790. The van der Waals surface area contributed by atoms with Gasteiger partial charge in [0.2, 0.25) is 5.95 Å². The van der Waals surface area contributed by atoms with E-state index in [0.717, 1.165) is 24.6 Å². The highest BCUT2D eigenvalue weighted by Crippen LogP contribution is 2.33. The maximum Gasteiger partial charge on any atom is 0.253 e. The molecule has 0 atom stereocenters. The van der Waals surface area contributed by atoms with Crippen LogP contribution >= 0.6 is 11.6 Å². The van der Waals surface area contributed by atoms with Crippen LogP contribution in [0.5, 0.6) is 0 Å². The number of carbonyl (C=O) groups is 1. The van der Waals surface area contributed by atoms with Crippen LogP contribution in [0.2, 0.25) is 5.02 Å². The SMILES string of the molecule is N#CCC1(N/C=C(/C(N)=O)C(N)=Nc2ccnc(F)c2)CCC(Nc2cccc(Cl)c2)CC1. The Labute approximate surface area is 196 Å². The van der Waals surface area contributed by atoms with Gasteiger partial charge in [-0.3, -0.25) is 4.79 Å². The molecule has 1 saturated carbocycles. The summed E-state index contributed by atoms with van der Waals surface area (Å²) in [4.78, 5) is 19.5. The number of amides is 1. The molecule has 8 nitrogen and oxygen atoms in total. The lowest BCUT2D eigenvalue weighted by molar-refractivity contribution is -0.114. The van der Waals surface area contributed by atoms with Crippen LogP contribution in [0.3, 0.4) is 0 Å². The number of hydrogen-bond donors (Lipinski definition) is 4. The number of halogens is 2. The summed E-state index contributed by atoms with van der Waals surface area (Å²) in [6.45, 7) is 0. The second-order valence-corrected chi connectivity index (χ2v) is 8.38. The fraction of sp³-hybridized carbons (Fsp3) is 0.304. The van der Waals surface area contributed by atoms with Gasteiger partial charge in [0.05, 0.1) is 23.8 Å². The number of carbonyl (C=O) groups excluding carboxylic acids is 1. The number of anilines is 1. The third-order valence-corrected chi connectivity index (χ3v) is 5.81. The summed E-state index contributed by atoms with van der Waals surface area (Å²) in [5.41, 5.74) is 12.0. The Morgan fingerprint density at radius 3 is 2.73 bits per heavy atom. The van der Waals surface area contributed by atoms with Gasteiger partial charge in [0.25, 0.3) is 5.91 Å². The molecule has 1 heterocycles. The molecular weight excluding hydrogens is 445 g/mol. The molecular formula is C23H25ClFN7O. The molecule has 1 aromatic carbocycles. The zero-order valence-corrected chi connectivity index (χ0v) is 18.6. The first kappa shape index (κ1) is 24.0. The highest BCUT2D eigenvalue weighted by atomic mass is 35.5. The van der Waals surface area contributed by atoms with Crippen LogP contribution in [0.1, 0.15) is 32.1 Å². The quantitative estimate of drug-likeness (QED) is 0.201. The lowest BCUT2D eigenvalue weighted by atomic mass is 9.77. The van der Waals surface area contributed by atoms with Gasteiger partial charge in [0.1, 0.15) is 5.84 Å². The Bertz CT molecular complexity index is 1100. The number of nitrogens with two attached hydrogens (primary N) is 2. The number of aliphatic imine (C=N–C) groups is 1. The predicted molar refractivity (Wildman–Crippen MR) is 126 cm³/mol. The molecule has 1 aromatic heterocycles. The molecule has 1 aliphatic carbocycles. The summed E-state index contributed by atoms with van der Waals surface area (Å²) in [5.74, 6) is -1.67. The van der Waals surface area contributed by atoms with Crippen LogP contribution in [-0.2, 0) is 4.79 Å². The second-order valence-electron chi connectivity index (χ2n) is 7.94. The molecule has 0 aliphatic heterocycles. The highest BCUT2D eigenvalue weighted by molar-refractivity contribution is 6.30. The second kappa shape index (κ2) is 10.8. The Morgan fingerprint density at radius 2 is 2.09 bits per heavy atom. The van der Waals surface area contributed by atoms with Crippen molar-refractivity contribution in [3.63, 3.8) is 0 Å². The lowest BCUT2D eigenvalue weighted by Crippen LogP contribution is -2.48. The van der Waals surface area contributed by atoms with Crippen molar-refractivity contribution in [1.29, 1.82) is 5.26 Å². The van der Waals surface area contributed by atoms with Crippen LogP contribution < -0.4 is 22.1 Å². The van der Waals surface area contributed by atoms with Crippen LogP contribution in [0.25, 0.3) is 0 Å². The Balaban J connectivity index is 1.72. The van der Waals surface area contributed by atoms with Crippen LogP contribution in [0.4, 0.5) is 15.8 Å². The molecule has 1 amide bonds.